The Bertz CT molecular complexity index is 421. The maximum atomic E-state index is 10.4. The fourth-order valence-electron chi connectivity index (χ4n) is 0.919. The Morgan fingerprint density at radius 3 is 2.57 bits per heavy atom. The van der Waals surface area contributed by atoms with E-state index in [0.717, 1.165) is 4.57 Å². The number of rotatable bonds is 4. The number of nitrogens with one attached hydrogen (secondary N) is 1. The number of carboxylic acids is 2. The molecule has 0 saturated carbocycles. The monoisotopic (exact) mass is 217 g/mol. The second kappa shape index (κ2) is 4.01. The second-order valence-electron chi connectivity index (χ2n) is 2.50. The van der Waals surface area contributed by atoms with E-state index in [0.29, 0.717) is 0 Å². The number of hydrogen-bond acceptors (Lipinski definition) is 4. The molecule has 0 radical (unpaired) electrons. The van der Waals surface area contributed by atoms with Crippen LogP contribution in [0.5, 0.6) is 0 Å². The van der Waals surface area contributed by atoms with Gasteiger partial charge in [0.05, 0.1) is 0 Å². The molecule has 0 unspecified atom stereocenters. The van der Waals surface area contributed by atoms with E-state index in [9.17, 15) is 9.59 Å². The summed E-state index contributed by atoms with van der Waals surface area (Å²) < 4.78 is 1.23. The molecule has 76 valence electrons. The predicted octanol–water partition coefficient (Wildman–Crippen LogP) is -0.348. The van der Waals surface area contributed by atoms with Gasteiger partial charge in [-0.1, -0.05) is 0 Å². The molecule has 1 heterocycles. The number of carbonyl (C=O) groups is 2. The highest BCUT2D eigenvalue weighted by Gasteiger charge is 2.12. The Balaban J connectivity index is 2.99. The normalized spacial score (nSPS) is 10.0. The number of aromatic amines is 1. The van der Waals surface area contributed by atoms with Gasteiger partial charge in [-0.15, -0.1) is 0 Å². The van der Waals surface area contributed by atoms with E-state index in [1.165, 1.54) is 0 Å². The van der Waals surface area contributed by atoms with Gasteiger partial charge in [0.25, 0.3) is 0 Å². The van der Waals surface area contributed by atoms with Crippen LogP contribution in [0.2, 0.25) is 0 Å². The van der Waals surface area contributed by atoms with Gasteiger partial charge >= 0.3 is 11.9 Å². The summed E-state index contributed by atoms with van der Waals surface area (Å²) in [6, 6.07) is 0. The number of aromatic nitrogens is 3. The van der Waals surface area contributed by atoms with Gasteiger partial charge in [0.15, 0.2) is 4.77 Å². The Kier molecular flexibility index (Phi) is 2.97. The van der Waals surface area contributed by atoms with Crippen LogP contribution >= 0.6 is 12.2 Å². The topological polar surface area (TPSA) is 108 Å². The van der Waals surface area contributed by atoms with Crippen LogP contribution in [0, 0.1) is 4.77 Å². The van der Waals surface area contributed by atoms with Crippen molar-refractivity contribution in [2.45, 2.75) is 13.0 Å². The molecule has 0 spiro atoms. The lowest BCUT2D eigenvalue weighted by Gasteiger charge is -2.00. The first kappa shape index (κ1) is 10.4. The Hall–Kier alpha value is -1.70. The van der Waals surface area contributed by atoms with Crippen molar-refractivity contribution in [1.29, 1.82) is 0 Å². The van der Waals surface area contributed by atoms with Gasteiger partial charge in [-0.3, -0.25) is 19.3 Å². The van der Waals surface area contributed by atoms with Crippen molar-refractivity contribution < 1.29 is 19.8 Å². The van der Waals surface area contributed by atoms with Gasteiger partial charge < -0.3 is 10.2 Å². The Morgan fingerprint density at radius 2 is 2.07 bits per heavy atom. The van der Waals surface area contributed by atoms with Gasteiger partial charge in [-0.2, -0.15) is 5.10 Å². The van der Waals surface area contributed by atoms with Crippen molar-refractivity contribution in [2.24, 2.45) is 0 Å². The molecular weight excluding hydrogens is 210 g/mol. The Morgan fingerprint density at radius 1 is 1.43 bits per heavy atom. The van der Waals surface area contributed by atoms with Gasteiger partial charge in [-0.25, -0.2) is 0 Å². The molecule has 0 aliphatic rings. The largest absolute Gasteiger partial charge is 0.481 e. The highest BCUT2D eigenvalue weighted by Crippen LogP contribution is 1.99. The molecule has 1 aromatic rings. The maximum absolute atomic E-state index is 10.4. The van der Waals surface area contributed by atoms with Crippen molar-refractivity contribution >= 4 is 24.2 Å². The fourth-order valence-corrected chi connectivity index (χ4v) is 1.13. The van der Waals surface area contributed by atoms with Crippen LogP contribution in [-0.2, 0) is 22.6 Å². The Labute approximate surface area is 83.0 Å². The minimum Gasteiger partial charge on any atom is -0.481 e. The summed E-state index contributed by atoms with van der Waals surface area (Å²) in [5.41, 5.74) is 0. The van der Waals surface area contributed by atoms with Crippen LogP contribution in [-0.4, -0.2) is 36.9 Å². The third-order valence-corrected chi connectivity index (χ3v) is 1.75. The zero-order valence-corrected chi connectivity index (χ0v) is 7.74. The summed E-state index contributed by atoms with van der Waals surface area (Å²) in [4.78, 5) is 20.8. The summed E-state index contributed by atoms with van der Waals surface area (Å²) in [6.07, 6.45) is -0.361. The third kappa shape index (κ3) is 2.39. The molecule has 0 fully saturated rings. The molecule has 7 nitrogen and oxygen atoms in total. The molecule has 0 aliphatic heterocycles. The van der Waals surface area contributed by atoms with Gasteiger partial charge in [0, 0.05) is 0 Å². The maximum Gasteiger partial charge on any atom is 0.323 e. The number of nitrogens with zero attached hydrogens (tertiary/aromatic N) is 2. The smallest absolute Gasteiger partial charge is 0.323 e. The van der Waals surface area contributed by atoms with E-state index >= 15 is 0 Å². The third-order valence-electron chi connectivity index (χ3n) is 1.44. The average molecular weight is 217 g/mol. The predicted molar refractivity (Wildman–Crippen MR) is 46.4 cm³/mol. The van der Waals surface area contributed by atoms with Gasteiger partial charge in [0.2, 0.25) is 0 Å². The quantitative estimate of drug-likeness (QED) is 0.595. The van der Waals surface area contributed by atoms with Crippen molar-refractivity contribution in [3.8, 4) is 0 Å². The van der Waals surface area contributed by atoms with Crippen molar-refractivity contribution in [3.05, 3.63) is 10.6 Å². The van der Waals surface area contributed by atoms with E-state index in [1.807, 2.05) is 0 Å². The summed E-state index contributed by atoms with van der Waals surface area (Å²) in [5, 5.41) is 22.9. The van der Waals surface area contributed by atoms with Crippen LogP contribution in [0.15, 0.2) is 0 Å². The molecule has 3 N–H and O–H groups in total. The van der Waals surface area contributed by atoms with Crippen molar-refractivity contribution in [3.63, 3.8) is 0 Å². The van der Waals surface area contributed by atoms with E-state index in [4.69, 9.17) is 22.4 Å². The van der Waals surface area contributed by atoms with Gasteiger partial charge in [-0.05, 0) is 12.2 Å². The standard InChI is InChI=1S/C6H7N3O4S/c10-4(11)1-3-7-8-6(14)9(3)2-5(12)13/h1-2H2,(H,8,14)(H,10,11)(H,12,13). The van der Waals surface area contributed by atoms with Crippen LogP contribution in [0.1, 0.15) is 5.82 Å². The number of hydrogen-bond donors (Lipinski definition) is 3. The summed E-state index contributed by atoms with van der Waals surface area (Å²) in [6.45, 7) is -0.391. The molecule has 14 heavy (non-hydrogen) atoms. The van der Waals surface area contributed by atoms with Crippen molar-refractivity contribution in [1.82, 2.24) is 14.8 Å². The first-order chi connectivity index (χ1) is 6.50. The lowest BCUT2D eigenvalue weighted by Crippen LogP contribution is -2.14. The fraction of sp³-hybridized carbons (Fsp3) is 0.333. The first-order valence-corrected chi connectivity index (χ1v) is 3.99. The molecular formula is C6H7N3O4S. The lowest BCUT2D eigenvalue weighted by molar-refractivity contribution is -0.139. The van der Waals surface area contributed by atoms with Crippen LogP contribution in [0.3, 0.4) is 0 Å². The zero-order chi connectivity index (χ0) is 10.7. The minimum absolute atomic E-state index is 0.101. The van der Waals surface area contributed by atoms with Crippen LogP contribution < -0.4 is 0 Å². The molecule has 1 aromatic heterocycles. The average Bonchev–Trinajstić information content (AvgIpc) is 2.34. The lowest BCUT2D eigenvalue weighted by atomic mass is 10.4. The molecule has 8 heteroatoms. The van der Waals surface area contributed by atoms with E-state index in [2.05, 4.69) is 10.2 Å². The number of carboxylic acid groups (broad SMARTS) is 2. The zero-order valence-electron chi connectivity index (χ0n) is 6.93. The SMILES string of the molecule is O=C(O)Cc1n[nH]c(=S)n1CC(=O)O. The van der Waals surface area contributed by atoms with E-state index < -0.39 is 18.5 Å². The molecule has 0 aliphatic carbocycles. The van der Waals surface area contributed by atoms with Crippen LogP contribution in [0.25, 0.3) is 0 Å². The first-order valence-electron chi connectivity index (χ1n) is 3.58. The molecule has 0 saturated heterocycles. The molecule has 0 bridgehead atoms. The highest BCUT2D eigenvalue weighted by atomic mass is 32.1. The molecule has 0 atom stereocenters. The molecule has 1 rings (SSSR count). The summed E-state index contributed by atoms with van der Waals surface area (Å²) in [5.74, 6) is -2.09. The molecule has 0 amide bonds. The second-order valence-corrected chi connectivity index (χ2v) is 2.88. The number of H-pyrrole nitrogens is 1. The van der Waals surface area contributed by atoms with Crippen LogP contribution in [0.4, 0.5) is 0 Å². The number of aliphatic carboxylic acids is 2. The van der Waals surface area contributed by atoms with Crippen molar-refractivity contribution in [2.75, 3.05) is 0 Å². The minimum atomic E-state index is -1.10. The van der Waals surface area contributed by atoms with E-state index in [1.54, 1.807) is 0 Å². The van der Waals surface area contributed by atoms with E-state index in [-0.39, 0.29) is 17.0 Å². The van der Waals surface area contributed by atoms with Gasteiger partial charge in [0.1, 0.15) is 18.8 Å². The highest BCUT2D eigenvalue weighted by molar-refractivity contribution is 7.71. The summed E-state index contributed by atoms with van der Waals surface area (Å²) >= 11 is 4.73. The summed E-state index contributed by atoms with van der Waals surface area (Å²) in [7, 11) is 0. The molecule has 0 aromatic carbocycles.